The number of aromatic nitrogens is 2. The highest BCUT2D eigenvalue weighted by molar-refractivity contribution is 7.90. The van der Waals surface area contributed by atoms with Crippen molar-refractivity contribution in [2.75, 3.05) is 39.1 Å². The van der Waals surface area contributed by atoms with Gasteiger partial charge in [0.2, 0.25) is 0 Å². The highest BCUT2D eigenvalue weighted by Gasteiger charge is 2.27. The number of carbonyl (C=O) groups excluding carboxylic acids is 1. The van der Waals surface area contributed by atoms with Gasteiger partial charge in [0, 0.05) is 37.3 Å². The summed E-state index contributed by atoms with van der Waals surface area (Å²) in [6.45, 7) is 2.23. The maximum Gasteiger partial charge on any atom is 0.269 e. The molecule has 0 unspecified atom stereocenters. The molecule has 2 aromatic heterocycles. The van der Waals surface area contributed by atoms with Crippen molar-refractivity contribution < 1.29 is 36.2 Å². The summed E-state index contributed by atoms with van der Waals surface area (Å²) in [5, 5.41) is 0.418. The summed E-state index contributed by atoms with van der Waals surface area (Å²) < 4.78 is 73.6. The molecule has 3 heterocycles. The predicted molar refractivity (Wildman–Crippen MR) is 147 cm³/mol. The molecule has 0 bridgehead atoms. The maximum absolute atomic E-state index is 14.5. The number of nitrogens with two attached hydrogens (primary N) is 1. The molecule has 0 aliphatic carbocycles. The van der Waals surface area contributed by atoms with Gasteiger partial charge in [0.05, 0.1) is 41.5 Å². The van der Waals surface area contributed by atoms with Gasteiger partial charge < -0.3 is 19.9 Å². The number of carbonyl (C=O) groups is 1. The number of rotatable bonds is 9. The average Bonchev–Trinajstić information content (AvgIpc) is 3.36. The number of halogens is 3. The molecular formula is C27H25ClF2N4O6S. The van der Waals surface area contributed by atoms with Crippen LogP contribution in [-0.4, -0.2) is 62.0 Å². The van der Waals surface area contributed by atoms with Crippen molar-refractivity contribution in [1.29, 1.82) is 0 Å². The van der Waals surface area contributed by atoms with Gasteiger partial charge in [0.1, 0.15) is 12.3 Å². The molecule has 14 heteroatoms. The third-order valence-electron chi connectivity index (χ3n) is 6.66. The van der Waals surface area contributed by atoms with E-state index in [1.165, 1.54) is 31.5 Å². The smallest absolute Gasteiger partial charge is 0.269 e. The number of nitrogen functional groups attached to an aromatic ring is 1. The summed E-state index contributed by atoms with van der Waals surface area (Å²) >= 11 is 6.44. The lowest BCUT2D eigenvalue weighted by Gasteiger charge is -2.26. The van der Waals surface area contributed by atoms with E-state index in [0.29, 0.717) is 49.2 Å². The molecule has 4 aromatic rings. The second-order valence-electron chi connectivity index (χ2n) is 9.23. The Kier molecular flexibility index (Phi) is 8.13. The van der Waals surface area contributed by atoms with E-state index in [2.05, 4.69) is 4.98 Å². The molecule has 0 spiro atoms. The fourth-order valence-electron chi connectivity index (χ4n) is 4.53. The molecule has 41 heavy (non-hydrogen) atoms. The summed E-state index contributed by atoms with van der Waals surface area (Å²) in [5.74, 6) is -2.81. The third-order valence-corrected chi connectivity index (χ3v) is 8.82. The number of aldehydes is 1. The summed E-state index contributed by atoms with van der Waals surface area (Å²) in [6, 6.07) is 8.53. The van der Waals surface area contributed by atoms with Gasteiger partial charge in [-0.05, 0) is 23.8 Å². The Morgan fingerprint density at radius 2 is 1.88 bits per heavy atom. The summed E-state index contributed by atoms with van der Waals surface area (Å²) in [7, 11) is -3.04. The number of nitrogens with zero attached hydrogens (tertiary/aromatic N) is 3. The van der Waals surface area contributed by atoms with E-state index < -0.39 is 27.3 Å². The van der Waals surface area contributed by atoms with Gasteiger partial charge in [-0.25, -0.2) is 26.2 Å². The normalized spacial score (nSPS) is 14.3. The number of fused-ring (bicyclic) bond motifs is 1. The molecule has 0 radical (unpaired) electrons. The van der Waals surface area contributed by atoms with Gasteiger partial charge in [-0.1, -0.05) is 23.7 Å². The molecule has 1 fully saturated rings. The van der Waals surface area contributed by atoms with Gasteiger partial charge in [-0.2, -0.15) is 0 Å². The maximum atomic E-state index is 14.5. The zero-order chi connectivity index (χ0) is 29.3. The first-order valence-electron chi connectivity index (χ1n) is 12.4. The molecule has 1 aliphatic rings. The lowest BCUT2D eigenvalue weighted by Crippen LogP contribution is -2.36. The number of benzene rings is 2. The van der Waals surface area contributed by atoms with Crippen molar-refractivity contribution >= 4 is 44.6 Å². The van der Waals surface area contributed by atoms with E-state index in [1.54, 1.807) is 12.1 Å². The number of morpholine rings is 1. The van der Waals surface area contributed by atoms with E-state index >= 15 is 0 Å². The number of hydrogen-bond donors (Lipinski definition) is 1. The molecular weight excluding hydrogens is 582 g/mol. The zero-order valence-electron chi connectivity index (χ0n) is 21.8. The van der Waals surface area contributed by atoms with Crippen LogP contribution < -0.4 is 15.2 Å². The lowest BCUT2D eigenvalue weighted by atomic mass is 10.2. The van der Waals surface area contributed by atoms with E-state index in [-0.39, 0.29) is 45.8 Å². The molecule has 0 atom stereocenters. The highest BCUT2D eigenvalue weighted by Crippen LogP contribution is 2.34. The SMILES string of the molecule is COc1cc(OCc2cccc(S(=O)(=O)n3c(CN4CCOCC4)cc4c(Cl)c(C=O)cnc43)c2)c(F)c(N)c1F. The Bertz CT molecular complexity index is 1740. The highest BCUT2D eigenvalue weighted by atomic mass is 35.5. The van der Waals surface area contributed by atoms with Gasteiger partial charge >= 0.3 is 0 Å². The number of ether oxygens (including phenoxy) is 3. The Balaban J connectivity index is 1.52. The van der Waals surface area contributed by atoms with Crippen molar-refractivity contribution in [3.63, 3.8) is 0 Å². The van der Waals surface area contributed by atoms with Crippen LogP contribution in [0.4, 0.5) is 14.5 Å². The summed E-state index contributed by atoms with van der Waals surface area (Å²) in [5.41, 5.74) is 5.71. The Morgan fingerprint density at radius 3 is 2.59 bits per heavy atom. The quantitative estimate of drug-likeness (QED) is 0.222. The number of methoxy groups -OCH3 is 1. The first kappa shape index (κ1) is 28.7. The van der Waals surface area contributed by atoms with E-state index in [1.807, 2.05) is 4.90 Å². The first-order valence-corrected chi connectivity index (χ1v) is 14.2. The van der Waals surface area contributed by atoms with Gasteiger partial charge in [-0.15, -0.1) is 0 Å². The number of anilines is 1. The second kappa shape index (κ2) is 11.6. The van der Waals surface area contributed by atoms with Crippen LogP contribution in [0.25, 0.3) is 11.0 Å². The fourth-order valence-corrected chi connectivity index (χ4v) is 6.32. The Labute approximate surface area is 239 Å². The van der Waals surface area contributed by atoms with Crippen LogP contribution in [0, 0.1) is 11.6 Å². The van der Waals surface area contributed by atoms with Crippen LogP contribution in [0.2, 0.25) is 5.02 Å². The minimum atomic E-state index is -4.25. The molecule has 1 saturated heterocycles. The van der Waals surface area contributed by atoms with E-state index in [9.17, 15) is 22.0 Å². The molecule has 1 aliphatic heterocycles. The minimum Gasteiger partial charge on any atom is -0.493 e. The van der Waals surface area contributed by atoms with Gasteiger partial charge in [-0.3, -0.25) is 9.69 Å². The van der Waals surface area contributed by atoms with Gasteiger partial charge in [0.15, 0.2) is 35.1 Å². The van der Waals surface area contributed by atoms with Crippen molar-refractivity contribution in [2.45, 2.75) is 18.0 Å². The largest absolute Gasteiger partial charge is 0.493 e. The molecule has 0 amide bonds. The van der Waals surface area contributed by atoms with Crippen LogP contribution in [0.1, 0.15) is 21.6 Å². The van der Waals surface area contributed by atoms with Gasteiger partial charge in [0.25, 0.3) is 10.0 Å². The summed E-state index contributed by atoms with van der Waals surface area (Å²) in [6.07, 6.45) is 1.78. The second-order valence-corrected chi connectivity index (χ2v) is 11.4. The van der Waals surface area contributed by atoms with E-state index in [4.69, 9.17) is 31.5 Å². The van der Waals surface area contributed by atoms with Crippen LogP contribution in [0.15, 0.2) is 47.5 Å². The number of pyridine rings is 1. The molecule has 5 rings (SSSR count). The Morgan fingerprint density at radius 1 is 1.15 bits per heavy atom. The predicted octanol–water partition coefficient (Wildman–Crippen LogP) is 4.02. The third kappa shape index (κ3) is 5.45. The van der Waals surface area contributed by atoms with Crippen LogP contribution >= 0.6 is 11.6 Å². The first-order chi connectivity index (χ1) is 19.6. The zero-order valence-corrected chi connectivity index (χ0v) is 23.3. The molecule has 216 valence electrons. The van der Waals surface area contributed by atoms with Crippen molar-refractivity contribution in [3.05, 3.63) is 76.1 Å². The Hall–Kier alpha value is -3.78. The fraction of sp³-hybridized carbons (Fsp3) is 0.259. The molecule has 2 N–H and O–H groups in total. The van der Waals surface area contributed by atoms with Crippen LogP contribution in [0.5, 0.6) is 11.5 Å². The van der Waals surface area contributed by atoms with Crippen LogP contribution in [0.3, 0.4) is 0 Å². The monoisotopic (exact) mass is 606 g/mol. The lowest BCUT2D eigenvalue weighted by molar-refractivity contribution is 0.0336. The van der Waals surface area contributed by atoms with Crippen molar-refractivity contribution in [1.82, 2.24) is 13.9 Å². The number of hydrogen-bond acceptors (Lipinski definition) is 9. The molecule has 10 nitrogen and oxygen atoms in total. The summed E-state index contributed by atoms with van der Waals surface area (Å²) in [4.78, 5) is 17.7. The average molecular weight is 607 g/mol. The van der Waals surface area contributed by atoms with Crippen molar-refractivity contribution in [2.24, 2.45) is 0 Å². The minimum absolute atomic E-state index is 0.0708. The molecule has 2 aromatic carbocycles. The molecule has 0 saturated carbocycles. The van der Waals surface area contributed by atoms with Crippen molar-refractivity contribution in [3.8, 4) is 11.5 Å². The standard InChI is InChI=1S/C27H25ClF2N4O6S/c1-38-21-11-22(25(30)26(31)24(21)29)40-15-16-3-2-4-19(9-16)41(36,37)34-18(13-33-5-7-39-8-6-33)10-20-23(28)17(14-35)12-32-27(20)34/h2-4,9-12,14H,5-8,13,15,31H2,1H3. The van der Waals surface area contributed by atoms with Crippen LogP contribution in [-0.2, 0) is 27.9 Å². The topological polar surface area (TPSA) is 126 Å². The van der Waals surface area contributed by atoms with E-state index in [0.717, 1.165) is 10.0 Å².